The third-order valence-electron chi connectivity index (χ3n) is 6.97. The maximum atomic E-state index is 5.91. The highest BCUT2D eigenvalue weighted by molar-refractivity contribution is 4.70. The normalized spacial score (nSPS) is 12.2. The molecule has 12 heteroatoms. The second-order valence-corrected chi connectivity index (χ2v) is 10.2. The molecule has 0 aliphatic rings. The Hall–Kier alpha value is -0.480. The maximum Gasteiger partial charge on any atom is 0.0110 e. The zero-order valence-corrected chi connectivity index (χ0v) is 25.6. The van der Waals surface area contributed by atoms with Crippen molar-refractivity contribution in [3.8, 4) is 0 Å². The lowest BCUT2D eigenvalue weighted by molar-refractivity contribution is 0.174. The molecule has 0 aliphatic heterocycles. The summed E-state index contributed by atoms with van der Waals surface area (Å²) in [6.45, 7) is 23.6. The van der Waals surface area contributed by atoms with Gasteiger partial charge in [-0.3, -0.25) is 14.7 Å². The smallest absolute Gasteiger partial charge is 0.0110 e. The van der Waals surface area contributed by atoms with Crippen LogP contribution in [0.1, 0.15) is 26.2 Å². The number of hydrogen-bond donors (Lipinski definition) is 8. The van der Waals surface area contributed by atoms with Gasteiger partial charge in [-0.1, -0.05) is 13.3 Å². The van der Waals surface area contributed by atoms with Crippen LogP contribution in [0.3, 0.4) is 0 Å². The predicted octanol–water partition coefficient (Wildman–Crippen LogP) is -3.05. The first kappa shape index (κ1) is 38.5. The van der Waals surface area contributed by atoms with Crippen LogP contribution < -0.4 is 44.6 Å². The summed E-state index contributed by atoms with van der Waals surface area (Å²) in [5.41, 5.74) is 28.8. The Bertz CT molecular complexity index is 468. The van der Waals surface area contributed by atoms with Crippen LogP contribution >= 0.6 is 0 Å². The van der Waals surface area contributed by atoms with Crippen LogP contribution in [0, 0.1) is 0 Å². The molecule has 0 aromatic carbocycles. The number of nitrogens with zero attached hydrogens (tertiary/aromatic N) is 4. The molecule has 0 saturated carbocycles. The van der Waals surface area contributed by atoms with E-state index in [2.05, 4.69) is 42.5 Å². The average Bonchev–Trinajstić information content (AvgIpc) is 2.93. The molecule has 0 fully saturated rings. The van der Waals surface area contributed by atoms with E-state index in [1.165, 1.54) is 12.8 Å². The van der Waals surface area contributed by atoms with Crippen LogP contribution in [0.25, 0.3) is 0 Å². The van der Waals surface area contributed by atoms with E-state index >= 15 is 0 Å². The van der Waals surface area contributed by atoms with Crippen molar-refractivity contribution in [1.29, 1.82) is 0 Å². The third-order valence-corrected chi connectivity index (χ3v) is 6.97. The lowest BCUT2D eigenvalue weighted by Gasteiger charge is -2.30. The van der Waals surface area contributed by atoms with Gasteiger partial charge in [-0.2, -0.15) is 0 Å². The van der Waals surface area contributed by atoms with Crippen molar-refractivity contribution in [3.63, 3.8) is 0 Å². The molecular weight excluding hydrogens is 492 g/mol. The maximum absolute atomic E-state index is 5.91. The zero-order chi connectivity index (χ0) is 28.8. The average molecular weight is 561 g/mol. The summed E-state index contributed by atoms with van der Waals surface area (Å²) in [4.78, 5) is 10.0. The Morgan fingerprint density at radius 3 is 1.21 bits per heavy atom. The molecule has 0 saturated heterocycles. The number of likely N-dealkylation sites (N-methyl/N-ethyl adjacent to an activating group) is 1. The predicted molar refractivity (Wildman–Crippen MR) is 169 cm³/mol. The van der Waals surface area contributed by atoms with Gasteiger partial charge >= 0.3 is 0 Å². The van der Waals surface area contributed by atoms with E-state index in [1.807, 2.05) is 0 Å². The number of rotatable bonds is 32. The van der Waals surface area contributed by atoms with Crippen molar-refractivity contribution >= 4 is 0 Å². The molecule has 0 aromatic heterocycles. The van der Waals surface area contributed by atoms with E-state index in [-0.39, 0.29) is 0 Å². The summed E-state index contributed by atoms with van der Waals surface area (Å²) in [5.74, 6) is 0. The van der Waals surface area contributed by atoms with Crippen molar-refractivity contribution in [2.75, 3.05) is 151 Å². The molecule has 0 spiro atoms. The molecule has 0 unspecified atom stereocenters. The fraction of sp³-hybridized carbons (Fsp3) is 1.00. The fourth-order valence-electron chi connectivity index (χ4n) is 4.59. The highest BCUT2D eigenvalue weighted by Gasteiger charge is 2.12. The van der Waals surface area contributed by atoms with Gasteiger partial charge in [0, 0.05) is 131 Å². The minimum Gasteiger partial charge on any atom is -0.330 e. The standard InChI is InChI=1S/C27H68N12/c1-2-33-12-20-38(19-10-32)26-24-36(16-5-3-4-6-28)25-27-39(22-13-34-11-7-29)23-15-35-14-21-37(17-8-30)18-9-31/h33-35H,2-32H2,1H3. The quantitative estimate of drug-likeness (QED) is 0.0390. The van der Waals surface area contributed by atoms with Crippen LogP contribution in [0.5, 0.6) is 0 Å². The zero-order valence-electron chi connectivity index (χ0n) is 25.6. The number of hydrogen-bond acceptors (Lipinski definition) is 12. The van der Waals surface area contributed by atoms with E-state index in [0.717, 1.165) is 131 Å². The lowest BCUT2D eigenvalue weighted by Crippen LogP contribution is -2.45. The number of nitrogens with one attached hydrogen (secondary N) is 3. The van der Waals surface area contributed by atoms with Gasteiger partial charge in [-0.15, -0.1) is 0 Å². The fourth-order valence-corrected chi connectivity index (χ4v) is 4.59. The van der Waals surface area contributed by atoms with Gasteiger partial charge in [0.05, 0.1) is 0 Å². The van der Waals surface area contributed by atoms with Gasteiger partial charge in [0.25, 0.3) is 0 Å². The van der Waals surface area contributed by atoms with Crippen molar-refractivity contribution in [1.82, 2.24) is 35.6 Å². The first-order valence-corrected chi connectivity index (χ1v) is 15.7. The summed E-state index contributed by atoms with van der Waals surface area (Å²) in [6, 6.07) is 0. The monoisotopic (exact) mass is 561 g/mol. The molecule has 0 atom stereocenters. The van der Waals surface area contributed by atoms with E-state index in [9.17, 15) is 0 Å². The van der Waals surface area contributed by atoms with Gasteiger partial charge in [-0.05, 0) is 32.5 Å². The van der Waals surface area contributed by atoms with E-state index in [0.29, 0.717) is 26.2 Å². The Morgan fingerprint density at radius 1 is 0.359 bits per heavy atom. The first-order chi connectivity index (χ1) is 19.1. The summed E-state index contributed by atoms with van der Waals surface area (Å²) in [5, 5.41) is 10.5. The van der Waals surface area contributed by atoms with Gasteiger partial charge < -0.3 is 49.5 Å². The van der Waals surface area contributed by atoms with Gasteiger partial charge in [0.15, 0.2) is 0 Å². The van der Waals surface area contributed by atoms with E-state index in [1.54, 1.807) is 0 Å². The molecule has 0 radical (unpaired) electrons. The van der Waals surface area contributed by atoms with Crippen LogP contribution in [0.4, 0.5) is 0 Å². The van der Waals surface area contributed by atoms with Crippen molar-refractivity contribution in [2.24, 2.45) is 28.7 Å². The number of unbranched alkanes of at least 4 members (excludes halogenated alkanes) is 2. The second kappa shape index (κ2) is 30.5. The molecule has 236 valence electrons. The molecule has 39 heavy (non-hydrogen) atoms. The molecule has 0 heterocycles. The largest absolute Gasteiger partial charge is 0.330 e. The summed E-state index contributed by atoms with van der Waals surface area (Å²) in [7, 11) is 0. The minimum atomic E-state index is 0.673. The van der Waals surface area contributed by atoms with Gasteiger partial charge in [-0.25, -0.2) is 0 Å². The van der Waals surface area contributed by atoms with Crippen LogP contribution in [-0.4, -0.2) is 170 Å². The van der Waals surface area contributed by atoms with Crippen LogP contribution in [0.15, 0.2) is 0 Å². The topological polar surface area (TPSA) is 179 Å². The molecule has 0 aromatic rings. The molecule has 12 nitrogen and oxygen atoms in total. The molecule has 0 amide bonds. The minimum absolute atomic E-state index is 0.673. The molecule has 0 bridgehead atoms. The second-order valence-electron chi connectivity index (χ2n) is 10.2. The Balaban J connectivity index is 4.82. The molecule has 13 N–H and O–H groups in total. The summed E-state index contributed by atoms with van der Waals surface area (Å²) < 4.78 is 0. The first-order valence-electron chi connectivity index (χ1n) is 15.7. The summed E-state index contributed by atoms with van der Waals surface area (Å²) in [6.07, 6.45) is 3.50. The van der Waals surface area contributed by atoms with Gasteiger partial charge in [0.2, 0.25) is 0 Å². The summed E-state index contributed by atoms with van der Waals surface area (Å²) >= 11 is 0. The highest BCUT2D eigenvalue weighted by Crippen LogP contribution is 2.01. The highest BCUT2D eigenvalue weighted by atomic mass is 15.2. The SMILES string of the molecule is CCNCCN(CCN)CCN(CCCCCN)CCN(CCNCCN)CCNCCN(CCN)CCN. The van der Waals surface area contributed by atoms with Crippen LogP contribution in [-0.2, 0) is 0 Å². The van der Waals surface area contributed by atoms with Crippen molar-refractivity contribution < 1.29 is 0 Å². The molecular formula is C27H68N12. The van der Waals surface area contributed by atoms with E-state index in [4.69, 9.17) is 28.7 Å². The van der Waals surface area contributed by atoms with Crippen molar-refractivity contribution in [2.45, 2.75) is 26.2 Å². The Morgan fingerprint density at radius 2 is 0.769 bits per heavy atom. The lowest BCUT2D eigenvalue weighted by atomic mass is 10.2. The van der Waals surface area contributed by atoms with Crippen LogP contribution in [0.2, 0.25) is 0 Å². The molecule has 0 aliphatic carbocycles. The molecule has 0 rings (SSSR count). The van der Waals surface area contributed by atoms with E-state index < -0.39 is 0 Å². The number of nitrogens with two attached hydrogens (primary N) is 5. The van der Waals surface area contributed by atoms with Gasteiger partial charge in [0.1, 0.15) is 0 Å². The third kappa shape index (κ3) is 25.0. The van der Waals surface area contributed by atoms with Crippen molar-refractivity contribution in [3.05, 3.63) is 0 Å². The Kier molecular flexibility index (Phi) is 30.1. The Labute approximate surface area is 241 Å².